The molecule has 0 amide bonds. The van der Waals surface area contributed by atoms with Crippen LogP contribution < -0.4 is 10.9 Å². The first-order valence-corrected chi connectivity index (χ1v) is 9.33. The topological polar surface area (TPSA) is 75.1 Å². The summed E-state index contributed by atoms with van der Waals surface area (Å²) in [6.45, 7) is 6.45. The molecule has 4 aromatic rings. The summed E-state index contributed by atoms with van der Waals surface area (Å²) in [5.74, 6) is 1.06. The number of rotatable bonds is 5. The van der Waals surface area contributed by atoms with Crippen molar-refractivity contribution in [2.75, 3.05) is 5.32 Å². The molecule has 0 radical (unpaired) electrons. The van der Waals surface area contributed by atoms with E-state index in [0.717, 1.165) is 16.9 Å². The van der Waals surface area contributed by atoms with Crippen LogP contribution in [0.25, 0.3) is 5.78 Å². The maximum Gasteiger partial charge on any atom is 0.277 e. The summed E-state index contributed by atoms with van der Waals surface area (Å²) in [5, 5.41) is 6.38. The molecule has 28 heavy (non-hydrogen) atoms. The van der Waals surface area contributed by atoms with Gasteiger partial charge in [0.1, 0.15) is 5.82 Å². The average molecular weight is 373 g/mol. The number of H-pyrrole nitrogens is 1. The summed E-state index contributed by atoms with van der Waals surface area (Å²) in [6.07, 6.45) is 0.552. The normalized spacial score (nSPS) is 11.1. The minimum absolute atomic E-state index is 0.0999. The molecule has 0 aliphatic heterocycles. The SMILES string of the molecule is Cc1ccc(Cc2c(C)nc3nc(CNc4ccc(C)cc4)[nH]n3c2=O)cc1. The van der Waals surface area contributed by atoms with Gasteiger partial charge in [0, 0.05) is 17.7 Å². The standard InChI is InChI=1S/C22H23N5O/c1-14-4-8-17(9-5-14)12-19-16(3)24-22-25-20(26-27(22)21(19)28)13-23-18-10-6-15(2)7-11-18/h4-11,23H,12-13H2,1-3H3,(H,24,25,26). The first kappa shape index (κ1) is 18.0. The third-order valence-electron chi connectivity index (χ3n) is 4.85. The Balaban J connectivity index is 1.60. The zero-order valence-electron chi connectivity index (χ0n) is 16.3. The molecule has 142 valence electrons. The van der Waals surface area contributed by atoms with Crippen molar-refractivity contribution in [3.05, 3.63) is 92.7 Å². The van der Waals surface area contributed by atoms with Gasteiger partial charge in [-0.05, 0) is 38.5 Å². The third kappa shape index (κ3) is 3.67. The molecular weight excluding hydrogens is 350 g/mol. The van der Waals surface area contributed by atoms with Crippen LogP contribution in [0, 0.1) is 20.8 Å². The highest BCUT2D eigenvalue weighted by Gasteiger charge is 2.13. The van der Waals surface area contributed by atoms with Gasteiger partial charge in [0.2, 0.25) is 0 Å². The molecule has 2 N–H and O–H groups in total. The number of aromatic nitrogens is 4. The van der Waals surface area contributed by atoms with Gasteiger partial charge >= 0.3 is 0 Å². The smallest absolute Gasteiger partial charge is 0.277 e. The molecule has 0 unspecified atom stereocenters. The molecule has 0 aliphatic carbocycles. The number of nitrogens with one attached hydrogen (secondary N) is 2. The summed E-state index contributed by atoms with van der Waals surface area (Å²) in [4.78, 5) is 22.0. The molecule has 0 spiro atoms. The van der Waals surface area contributed by atoms with E-state index in [4.69, 9.17) is 0 Å². The fourth-order valence-corrected chi connectivity index (χ4v) is 3.15. The molecule has 6 nitrogen and oxygen atoms in total. The second-order valence-corrected chi connectivity index (χ2v) is 7.17. The van der Waals surface area contributed by atoms with Crippen molar-refractivity contribution in [2.45, 2.75) is 33.7 Å². The van der Waals surface area contributed by atoms with E-state index >= 15 is 0 Å². The van der Waals surface area contributed by atoms with Crippen LogP contribution >= 0.6 is 0 Å². The Morgan fingerprint density at radius 2 is 1.57 bits per heavy atom. The van der Waals surface area contributed by atoms with E-state index in [0.29, 0.717) is 30.1 Å². The molecule has 2 aromatic heterocycles. The van der Waals surface area contributed by atoms with E-state index in [1.54, 1.807) is 0 Å². The van der Waals surface area contributed by atoms with Gasteiger partial charge in [0.15, 0.2) is 0 Å². The van der Waals surface area contributed by atoms with Gasteiger partial charge in [-0.3, -0.25) is 9.89 Å². The number of anilines is 1. The van der Waals surface area contributed by atoms with Crippen LogP contribution in [0.5, 0.6) is 0 Å². The lowest BCUT2D eigenvalue weighted by Gasteiger charge is -2.05. The van der Waals surface area contributed by atoms with E-state index in [1.807, 2.05) is 50.2 Å². The number of aromatic amines is 1. The van der Waals surface area contributed by atoms with Crippen LogP contribution in [-0.2, 0) is 13.0 Å². The summed E-state index contributed by atoms with van der Waals surface area (Å²) in [6, 6.07) is 16.3. The van der Waals surface area contributed by atoms with Crippen LogP contribution in [0.1, 0.15) is 33.8 Å². The molecular formula is C22H23N5O. The molecule has 0 bridgehead atoms. The van der Waals surface area contributed by atoms with Crippen molar-refractivity contribution in [1.82, 2.24) is 19.6 Å². The molecule has 0 saturated carbocycles. The second-order valence-electron chi connectivity index (χ2n) is 7.17. The summed E-state index contributed by atoms with van der Waals surface area (Å²) >= 11 is 0. The largest absolute Gasteiger partial charge is 0.378 e. The molecule has 0 atom stereocenters. The summed E-state index contributed by atoms with van der Waals surface area (Å²) < 4.78 is 1.43. The molecule has 4 rings (SSSR count). The number of aryl methyl sites for hydroxylation is 3. The highest BCUT2D eigenvalue weighted by molar-refractivity contribution is 5.44. The quantitative estimate of drug-likeness (QED) is 0.561. The minimum Gasteiger partial charge on any atom is -0.378 e. The van der Waals surface area contributed by atoms with Crippen molar-refractivity contribution >= 4 is 11.5 Å². The van der Waals surface area contributed by atoms with Crippen LogP contribution in [0.15, 0.2) is 53.3 Å². The lowest BCUT2D eigenvalue weighted by Crippen LogP contribution is -2.22. The van der Waals surface area contributed by atoms with E-state index < -0.39 is 0 Å². The Morgan fingerprint density at radius 1 is 0.929 bits per heavy atom. The van der Waals surface area contributed by atoms with Crippen LogP contribution in [0.4, 0.5) is 5.69 Å². The third-order valence-corrected chi connectivity index (χ3v) is 4.85. The molecule has 0 saturated heterocycles. The van der Waals surface area contributed by atoms with Crippen molar-refractivity contribution in [2.24, 2.45) is 0 Å². The second kappa shape index (κ2) is 7.31. The van der Waals surface area contributed by atoms with Gasteiger partial charge in [0.25, 0.3) is 11.3 Å². The van der Waals surface area contributed by atoms with Crippen LogP contribution in [0.2, 0.25) is 0 Å². The highest BCUT2D eigenvalue weighted by atomic mass is 16.1. The maximum absolute atomic E-state index is 13.0. The molecule has 6 heteroatoms. The Labute approximate surface area is 163 Å². The highest BCUT2D eigenvalue weighted by Crippen LogP contribution is 2.12. The van der Waals surface area contributed by atoms with Gasteiger partial charge in [0.05, 0.1) is 12.2 Å². The molecule has 2 heterocycles. The number of hydrogen-bond donors (Lipinski definition) is 2. The summed E-state index contributed by atoms with van der Waals surface area (Å²) in [5.41, 5.74) is 5.80. The Hall–Kier alpha value is -3.41. The lowest BCUT2D eigenvalue weighted by molar-refractivity contribution is 0.832. The molecule has 0 fully saturated rings. The Bertz CT molecular complexity index is 1170. The van der Waals surface area contributed by atoms with Gasteiger partial charge in [-0.2, -0.15) is 9.50 Å². The van der Waals surface area contributed by atoms with Crippen LogP contribution in [0.3, 0.4) is 0 Å². The number of hydrogen-bond acceptors (Lipinski definition) is 4. The van der Waals surface area contributed by atoms with Gasteiger partial charge < -0.3 is 5.32 Å². The van der Waals surface area contributed by atoms with Crippen molar-refractivity contribution in [3.8, 4) is 0 Å². The van der Waals surface area contributed by atoms with E-state index in [9.17, 15) is 4.79 Å². The van der Waals surface area contributed by atoms with Gasteiger partial charge in [-0.25, -0.2) is 4.98 Å². The van der Waals surface area contributed by atoms with E-state index in [2.05, 4.69) is 39.4 Å². The molecule has 0 aliphatic rings. The zero-order valence-corrected chi connectivity index (χ0v) is 16.3. The number of fused-ring (bicyclic) bond motifs is 1. The fourth-order valence-electron chi connectivity index (χ4n) is 3.15. The number of nitrogens with zero attached hydrogens (tertiary/aromatic N) is 3. The maximum atomic E-state index is 13.0. The van der Waals surface area contributed by atoms with E-state index in [1.165, 1.54) is 15.6 Å². The number of benzene rings is 2. The molecule has 2 aromatic carbocycles. The first-order chi connectivity index (χ1) is 13.5. The average Bonchev–Trinajstić information content (AvgIpc) is 3.09. The first-order valence-electron chi connectivity index (χ1n) is 9.33. The van der Waals surface area contributed by atoms with Gasteiger partial charge in [-0.15, -0.1) is 0 Å². The van der Waals surface area contributed by atoms with Crippen molar-refractivity contribution in [1.29, 1.82) is 0 Å². The Kier molecular flexibility index (Phi) is 4.69. The zero-order chi connectivity index (χ0) is 19.7. The fraction of sp³-hybridized carbons (Fsp3) is 0.227. The predicted octanol–water partition coefficient (Wildman–Crippen LogP) is 3.55. The van der Waals surface area contributed by atoms with Crippen LogP contribution in [-0.4, -0.2) is 19.6 Å². The van der Waals surface area contributed by atoms with Crippen molar-refractivity contribution < 1.29 is 0 Å². The van der Waals surface area contributed by atoms with Gasteiger partial charge in [-0.1, -0.05) is 47.5 Å². The summed E-state index contributed by atoms with van der Waals surface area (Å²) in [7, 11) is 0. The monoisotopic (exact) mass is 373 g/mol. The lowest BCUT2D eigenvalue weighted by atomic mass is 10.0. The predicted molar refractivity (Wildman–Crippen MR) is 111 cm³/mol. The minimum atomic E-state index is -0.0999. The Morgan fingerprint density at radius 3 is 2.25 bits per heavy atom. The van der Waals surface area contributed by atoms with Crippen molar-refractivity contribution in [3.63, 3.8) is 0 Å². The van der Waals surface area contributed by atoms with E-state index in [-0.39, 0.29) is 5.56 Å².